The van der Waals surface area contributed by atoms with E-state index >= 15 is 0 Å². The van der Waals surface area contributed by atoms with Crippen molar-refractivity contribution in [3.8, 4) is 0 Å². The molecule has 2 aromatic rings. The number of aryl methyl sites for hydroxylation is 1. The molecule has 1 heterocycles. The first-order valence-corrected chi connectivity index (χ1v) is 12.0. The molecule has 154 valence electrons. The second kappa shape index (κ2) is 8.67. The molecule has 5 nitrogen and oxygen atoms in total. The molecule has 0 radical (unpaired) electrons. The number of piperidine rings is 1. The molecule has 0 aromatic heterocycles. The van der Waals surface area contributed by atoms with Crippen molar-refractivity contribution < 1.29 is 13.2 Å². The summed E-state index contributed by atoms with van der Waals surface area (Å²) in [5.41, 5.74) is 3.35. The molecule has 4 rings (SSSR count). The summed E-state index contributed by atoms with van der Waals surface area (Å²) >= 11 is 0. The smallest absolute Gasteiger partial charge is 0.223 e. The van der Waals surface area contributed by atoms with Crippen LogP contribution in [0.4, 0.5) is 0 Å². The highest BCUT2D eigenvalue weighted by Gasteiger charge is 2.32. The van der Waals surface area contributed by atoms with Crippen LogP contribution in [0.15, 0.2) is 54.6 Å². The molecule has 1 aliphatic carbocycles. The Morgan fingerprint density at radius 3 is 2.41 bits per heavy atom. The lowest BCUT2D eigenvalue weighted by Crippen LogP contribution is -2.44. The highest BCUT2D eigenvalue weighted by Crippen LogP contribution is 2.30. The Morgan fingerprint density at radius 2 is 1.66 bits per heavy atom. The van der Waals surface area contributed by atoms with Gasteiger partial charge >= 0.3 is 0 Å². The minimum atomic E-state index is -3.35. The number of hydrogen-bond donors (Lipinski definition) is 1. The minimum absolute atomic E-state index is 0.0174. The molecule has 2 aromatic carbocycles. The van der Waals surface area contributed by atoms with E-state index in [9.17, 15) is 13.2 Å². The number of sulfonamides is 1. The summed E-state index contributed by atoms with van der Waals surface area (Å²) < 4.78 is 27.0. The van der Waals surface area contributed by atoms with E-state index in [0.717, 1.165) is 24.8 Å². The van der Waals surface area contributed by atoms with Gasteiger partial charge in [-0.1, -0.05) is 54.6 Å². The highest BCUT2D eigenvalue weighted by molar-refractivity contribution is 7.88. The summed E-state index contributed by atoms with van der Waals surface area (Å²) in [6.07, 6.45) is 4.27. The first-order chi connectivity index (χ1) is 14.0. The second-order valence-electron chi connectivity index (χ2n) is 8.07. The van der Waals surface area contributed by atoms with Gasteiger partial charge in [-0.15, -0.1) is 0 Å². The lowest BCUT2D eigenvalue weighted by atomic mass is 9.87. The van der Waals surface area contributed by atoms with Crippen LogP contribution in [-0.4, -0.2) is 31.7 Å². The van der Waals surface area contributed by atoms with Gasteiger partial charge in [-0.25, -0.2) is 12.7 Å². The molecule has 1 N–H and O–H groups in total. The van der Waals surface area contributed by atoms with Gasteiger partial charge in [-0.05, 0) is 48.8 Å². The predicted octanol–water partition coefficient (Wildman–Crippen LogP) is 3.42. The monoisotopic (exact) mass is 412 g/mol. The number of hydrogen-bond acceptors (Lipinski definition) is 3. The average molecular weight is 413 g/mol. The van der Waals surface area contributed by atoms with Crippen LogP contribution in [0.5, 0.6) is 0 Å². The average Bonchev–Trinajstić information content (AvgIpc) is 2.74. The van der Waals surface area contributed by atoms with Crippen molar-refractivity contribution in [3.63, 3.8) is 0 Å². The number of carbonyl (C=O) groups excluding carboxylic acids is 1. The van der Waals surface area contributed by atoms with Gasteiger partial charge in [0.1, 0.15) is 0 Å². The lowest BCUT2D eigenvalue weighted by Gasteiger charge is -2.32. The van der Waals surface area contributed by atoms with Crippen LogP contribution < -0.4 is 5.32 Å². The summed E-state index contributed by atoms with van der Waals surface area (Å²) in [5, 5.41) is 3.23. The molecular weight excluding hydrogens is 384 g/mol. The normalized spacial score (nSPS) is 20.8. The maximum absolute atomic E-state index is 12.8. The summed E-state index contributed by atoms with van der Waals surface area (Å²) in [5.74, 6) is -0.0390. The Balaban J connectivity index is 1.33. The van der Waals surface area contributed by atoms with Crippen molar-refractivity contribution in [1.82, 2.24) is 9.62 Å². The Labute approximate surface area is 173 Å². The number of carbonyl (C=O) groups is 1. The van der Waals surface area contributed by atoms with E-state index in [0.29, 0.717) is 25.9 Å². The van der Waals surface area contributed by atoms with Crippen LogP contribution in [0.3, 0.4) is 0 Å². The first-order valence-electron chi connectivity index (χ1n) is 10.4. The van der Waals surface area contributed by atoms with E-state index in [2.05, 4.69) is 23.5 Å². The molecule has 0 spiro atoms. The molecule has 1 aliphatic heterocycles. The quantitative estimate of drug-likeness (QED) is 0.818. The minimum Gasteiger partial charge on any atom is -0.349 e. The molecule has 1 fully saturated rings. The van der Waals surface area contributed by atoms with Crippen LogP contribution >= 0.6 is 0 Å². The van der Waals surface area contributed by atoms with Gasteiger partial charge in [0.15, 0.2) is 0 Å². The van der Waals surface area contributed by atoms with Crippen LogP contribution in [0.25, 0.3) is 0 Å². The van der Waals surface area contributed by atoms with Gasteiger partial charge in [-0.2, -0.15) is 0 Å². The van der Waals surface area contributed by atoms with Gasteiger partial charge in [-0.3, -0.25) is 4.79 Å². The molecule has 29 heavy (non-hydrogen) atoms. The van der Waals surface area contributed by atoms with Gasteiger partial charge in [0.05, 0.1) is 11.8 Å². The fourth-order valence-corrected chi connectivity index (χ4v) is 6.03. The van der Waals surface area contributed by atoms with E-state index < -0.39 is 10.0 Å². The molecule has 1 atom stereocenters. The molecule has 2 aliphatic rings. The fourth-order valence-electron chi connectivity index (χ4n) is 4.47. The molecule has 0 saturated carbocycles. The number of nitrogens with zero attached hydrogens (tertiary/aromatic N) is 1. The van der Waals surface area contributed by atoms with Crippen molar-refractivity contribution in [2.24, 2.45) is 5.92 Å². The highest BCUT2D eigenvalue weighted by atomic mass is 32.2. The Bertz CT molecular complexity index is 951. The Kier molecular flexibility index (Phi) is 6.01. The largest absolute Gasteiger partial charge is 0.349 e. The Morgan fingerprint density at radius 1 is 0.966 bits per heavy atom. The summed E-state index contributed by atoms with van der Waals surface area (Å²) in [4.78, 5) is 12.8. The van der Waals surface area contributed by atoms with E-state index in [1.54, 1.807) is 4.31 Å². The van der Waals surface area contributed by atoms with Crippen LogP contribution in [-0.2, 0) is 27.0 Å². The topological polar surface area (TPSA) is 66.5 Å². The fraction of sp³-hybridized carbons (Fsp3) is 0.435. The lowest BCUT2D eigenvalue weighted by molar-refractivity contribution is -0.127. The van der Waals surface area contributed by atoms with Crippen molar-refractivity contribution in [2.75, 3.05) is 13.1 Å². The van der Waals surface area contributed by atoms with Gasteiger partial charge in [0.25, 0.3) is 0 Å². The zero-order valence-corrected chi connectivity index (χ0v) is 17.4. The van der Waals surface area contributed by atoms with Crippen molar-refractivity contribution in [2.45, 2.75) is 43.9 Å². The van der Waals surface area contributed by atoms with Crippen molar-refractivity contribution >= 4 is 15.9 Å². The van der Waals surface area contributed by atoms with Crippen molar-refractivity contribution in [1.29, 1.82) is 0 Å². The third-order valence-corrected chi connectivity index (χ3v) is 7.95. The molecular formula is C23H28N2O3S. The summed E-state index contributed by atoms with van der Waals surface area (Å²) in [6, 6.07) is 17.7. The van der Waals surface area contributed by atoms with Crippen LogP contribution in [0.2, 0.25) is 0 Å². The molecule has 1 saturated heterocycles. The maximum atomic E-state index is 12.8. The van der Waals surface area contributed by atoms with Gasteiger partial charge in [0.2, 0.25) is 15.9 Å². The third-order valence-electron chi connectivity index (χ3n) is 6.10. The molecule has 1 amide bonds. The standard InChI is InChI=1S/C23H28N2O3S/c26-23(24-22-12-6-10-19-9-4-5-11-21(19)22)20-13-15-25(16-14-20)29(27,28)17-18-7-2-1-3-8-18/h1-5,7-9,11,20,22H,6,10,12-17H2,(H,24,26)/t22-/m0/s1. The number of amides is 1. The molecule has 0 bridgehead atoms. The summed E-state index contributed by atoms with van der Waals surface area (Å²) in [7, 11) is -3.35. The Hall–Kier alpha value is -2.18. The molecule has 6 heteroatoms. The second-order valence-corrected chi connectivity index (χ2v) is 10.0. The zero-order chi connectivity index (χ0) is 20.3. The van der Waals surface area contributed by atoms with E-state index in [1.807, 2.05) is 36.4 Å². The SMILES string of the molecule is O=C(N[C@H]1CCCc2ccccc21)C1CCN(S(=O)(=O)Cc2ccccc2)CC1. The van der Waals surface area contributed by atoms with Crippen LogP contribution in [0, 0.1) is 5.92 Å². The van der Waals surface area contributed by atoms with Crippen LogP contribution in [0.1, 0.15) is 48.4 Å². The number of benzene rings is 2. The van der Waals surface area contributed by atoms with Gasteiger partial charge in [0, 0.05) is 19.0 Å². The van der Waals surface area contributed by atoms with E-state index in [4.69, 9.17) is 0 Å². The number of rotatable bonds is 5. The van der Waals surface area contributed by atoms with Gasteiger partial charge < -0.3 is 5.32 Å². The first kappa shape index (κ1) is 20.1. The number of fused-ring (bicyclic) bond motifs is 1. The third kappa shape index (κ3) is 4.70. The molecule has 0 unspecified atom stereocenters. The maximum Gasteiger partial charge on any atom is 0.223 e. The van der Waals surface area contributed by atoms with Crippen molar-refractivity contribution in [3.05, 3.63) is 71.3 Å². The van der Waals surface area contributed by atoms with E-state index in [-0.39, 0.29) is 23.6 Å². The predicted molar refractivity (Wildman–Crippen MR) is 114 cm³/mol. The number of nitrogens with one attached hydrogen (secondary N) is 1. The van der Waals surface area contributed by atoms with E-state index in [1.165, 1.54) is 11.1 Å². The zero-order valence-electron chi connectivity index (χ0n) is 16.6. The summed E-state index contributed by atoms with van der Waals surface area (Å²) in [6.45, 7) is 0.822.